The Bertz CT molecular complexity index is 1240. The number of likely N-dealkylation sites (tertiary alicyclic amines) is 1. The minimum Gasteiger partial charge on any atom is -0.493 e. The molecule has 0 radical (unpaired) electrons. The summed E-state index contributed by atoms with van der Waals surface area (Å²) < 4.78 is 20.5. The number of ether oxygens (including phenoxy) is 1. The van der Waals surface area contributed by atoms with Gasteiger partial charge in [-0.2, -0.15) is 0 Å². The van der Waals surface area contributed by atoms with Crippen molar-refractivity contribution in [1.29, 1.82) is 0 Å². The molecule has 2 fully saturated rings. The largest absolute Gasteiger partial charge is 0.493 e. The summed E-state index contributed by atoms with van der Waals surface area (Å²) in [4.78, 5) is 46.4. The fourth-order valence-electron chi connectivity index (χ4n) is 4.81. The van der Waals surface area contributed by atoms with Gasteiger partial charge in [-0.15, -0.1) is 11.3 Å². The average Bonchev–Trinajstić information content (AvgIpc) is 3.27. The standard InChI is InChI=1S/C29H38BrFN4O4S/c1-18-23(40-17-33-18)19-8-9-20(22(15-19)39-14-6-12-30)16-32-25(36)21-7-5-13-35(21)26(37)24(28(2,3)4)34-27(38)29(31)10-11-29/h8-9,15,17,21,24H,5-7,10-14,16H2,1-4H3,(H,32,36)(H,34,38). The molecule has 1 saturated heterocycles. The Labute approximate surface area is 247 Å². The van der Waals surface area contributed by atoms with Crippen molar-refractivity contribution in [2.24, 2.45) is 5.41 Å². The minimum absolute atomic E-state index is 0.172. The highest BCUT2D eigenvalue weighted by atomic mass is 79.9. The van der Waals surface area contributed by atoms with Crippen LogP contribution >= 0.6 is 27.3 Å². The first kappa shape index (κ1) is 30.4. The lowest BCUT2D eigenvalue weighted by molar-refractivity contribution is -0.144. The summed E-state index contributed by atoms with van der Waals surface area (Å²) >= 11 is 5.00. The summed E-state index contributed by atoms with van der Waals surface area (Å²) in [5.74, 6) is -0.666. The Morgan fingerprint density at radius 3 is 2.67 bits per heavy atom. The number of carbonyl (C=O) groups is 3. The lowest BCUT2D eigenvalue weighted by Gasteiger charge is -2.35. The summed E-state index contributed by atoms with van der Waals surface area (Å²) in [5.41, 5.74) is 2.08. The van der Waals surface area contributed by atoms with Crippen molar-refractivity contribution in [3.63, 3.8) is 0 Å². The Morgan fingerprint density at radius 1 is 1.30 bits per heavy atom. The Morgan fingerprint density at radius 2 is 2.05 bits per heavy atom. The zero-order chi connectivity index (χ0) is 29.1. The SMILES string of the molecule is Cc1ncsc1-c1ccc(CNC(=O)C2CCCN2C(=O)C(NC(=O)C2(F)CC2)C(C)(C)C)c(OCCCBr)c1. The molecule has 11 heteroatoms. The van der Waals surface area contributed by atoms with Crippen LogP contribution in [0.1, 0.15) is 64.1 Å². The summed E-state index contributed by atoms with van der Waals surface area (Å²) in [6.07, 6.45) is 2.37. The quantitative estimate of drug-likeness (QED) is 0.269. The highest BCUT2D eigenvalue weighted by molar-refractivity contribution is 9.09. The smallest absolute Gasteiger partial charge is 0.258 e. The third-order valence-electron chi connectivity index (χ3n) is 7.39. The number of alkyl halides is 2. The van der Waals surface area contributed by atoms with Crippen LogP contribution < -0.4 is 15.4 Å². The number of rotatable bonds is 11. The molecule has 2 N–H and O–H groups in total. The second-order valence-corrected chi connectivity index (χ2v) is 13.3. The fraction of sp³-hybridized carbons (Fsp3) is 0.586. The van der Waals surface area contributed by atoms with E-state index >= 15 is 0 Å². The molecular weight excluding hydrogens is 599 g/mol. The van der Waals surface area contributed by atoms with E-state index in [4.69, 9.17) is 4.74 Å². The minimum atomic E-state index is -1.88. The van der Waals surface area contributed by atoms with E-state index in [1.807, 2.05) is 51.4 Å². The van der Waals surface area contributed by atoms with Crippen LogP contribution in [0, 0.1) is 12.3 Å². The van der Waals surface area contributed by atoms with Gasteiger partial charge in [0.15, 0.2) is 5.67 Å². The summed E-state index contributed by atoms with van der Waals surface area (Å²) in [5, 5.41) is 6.46. The highest BCUT2D eigenvalue weighted by Gasteiger charge is 2.53. The molecule has 1 aromatic carbocycles. The zero-order valence-corrected chi connectivity index (χ0v) is 25.9. The van der Waals surface area contributed by atoms with Gasteiger partial charge in [0.25, 0.3) is 5.91 Å². The van der Waals surface area contributed by atoms with E-state index in [1.54, 1.807) is 11.3 Å². The van der Waals surface area contributed by atoms with Gasteiger partial charge in [-0.25, -0.2) is 9.37 Å². The summed E-state index contributed by atoms with van der Waals surface area (Å²) in [6, 6.07) is 4.34. The van der Waals surface area contributed by atoms with E-state index < -0.39 is 29.1 Å². The molecule has 1 aromatic heterocycles. The number of carbonyl (C=O) groups excluding carboxylic acids is 3. The van der Waals surface area contributed by atoms with Crippen LogP contribution in [-0.2, 0) is 20.9 Å². The van der Waals surface area contributed by atoms with Crippen LogP contribution in [0.3, 0.4) is 0 Å². The number of aromatic nitrogens is 1. The number of hydrogen-bond acceptors (Lipinski definition) is 6. The molecule has 8 nitrogen and oxygen atoms in total. The molecule has 2 atom stereocenters. The van der Waals surface area contributed by atoms with Gasteiger partial charge in [0.2, 0.25) is 11.8 Å². The van der Waals surface area contributed by atoms with Crippen molar-refractivity contribution in [3.8, 4) is 16.2 Å². The average molecular weight is 638 g/mol. The van der Waals surface area contributed by atoms with Gasteiger partial charge in [-0.1, -0.05) is 48.8 Å². The van der Waals surface area contributed by atoms with Gasteiger partial charge in [-0.3, -0.25) is 14.4 Å². The first-order valence-electron chi connectivity index (χ1n) is 13.7. The third-order valence-corrected chi connectivity index (χ3v) is 8.92. The lowest BCUT2D eigenvalue weighted by atomic mass is 9.85. The second-order valence-electron chi connectivity index (χ2n) is 11.6. The van der Waals surface area contributed by atoms with E-state index in [2.05, 4.69) is 31.5 Å². The molecule has 2 aromatic rings. The van der Waals surface area contributed by atoms with E-state index in [0.29, 0.717) is 31.7 Å². The molecule has 2 aliphatic rings. The van der Waals surface area contributed by atoms with E-state index in [9.17, 15) is 18.8 Å². The molecule has 0 spiro atoms. The number of nitrogens with one attached hydrogen (secondary N) is 2. The molecule has 40 heavy (non-hydrogen) atoms. The van der Waals surface area contributed by atoms with Gasteiger partial charge in [0.1, 0.15) is 17.8 Å². The van der Waals surface area contributed by atoms with Crippen molar-refractivity contribution in [3.05, 3.63) is 35.0 Å². The van der Waals surface area contributed by atoms with Gasteiger partial charge >= 0.3 is 0 Å². The molecule has 1 aliphatic heterocycles. The maximum atomic E-state index is 14.4. The second kappa shape index (κ2) is 12.5. The van der Waals surface area contributed by atoms with Crippen molar-refractivity contribution in [2.45, 2.75) is 84.1 Å². The number of amides is 3. The molecule has 0 bridgehead atoms. The number of hydrogen-bond donors (Lipinski definition) is 2. The van der Waals surface area contributed by atoms with Crippen molar-refractivity contribution in [2.75, 3.05) is 18.5 Å². The third kappa shape index (κ3) is 7.02. The van der Waals surface area contributed by atoms with Crippen LogP contribution in [0.5, 0.6) is 5.75 Å². The molecular formula is C29H38BrFN4O4S. The Kier molecular flexibility index (Phi) is 9.55. The van der Waals surface area contributed by atoms with Crippen molar-refractivity contribution in [1.82, 2.24) is 20.5 Å². The van der Waals surface area contributed by atoms with Crippen molar-refractivity contribution < 1.29 is 23.5 Å². The molecule has 3 amide bonds. The number of aryl methyl sites for hydroxylation is 1. The Balaban J connectivity index is 1.46. The summed E-state index contributed by atoms with van der Waals surface area (Å²) in [6.45, 7) is 8.63. The lowest BCUT2D eigenvalue weighted by Crippen LogP contribution is -2.58. The molecule has 2 heterocycles. The van der Waals surface area contributed by atoms with Gasteiger partial charge < -0.3 is 20.3 Å². The van der Waals surface area contributed by atoms with Crippen molar-refractivity contribution >= 4 is 45.0 Å². The zero-order valence-electron chi connectivity index (χ0n) is 23.5. The Hall–Kier alpha value is -2.53. The maximum Gasteiger partial charge on any atom is 0.258 e. The fourth-order valence-corrected chi connectivity index (χ4v) is 5.84. The monoisotopic (exact) mass is 636 g/mol. The van der Waals surface area contributed by atoms with Crippen LogP contribution in [0.4, 0.5) is 4.39 Å². The number of thiazole rings is 1. The van der Waals surface area contributed by atoms with Crippen LogP contribution in [0.25, 0.3) is 10.4 Å². The van der Waals surface area contributed by atoms with E-state index in [-0.39, 0.29) is 31.2 Å². The number of halogens is 2. The van der Waals surface area contributed by atoms with Crippen LogP contribution in [0.2, 0.25) is 0 Å². The maximum absolute atomic E-state index is 14.4. The predicted octanol–water partition coefficient (Wildman–Crippen LogP) is 4.92. The van der Waals surface area contributed by atoms with E-state index in [1.165, 1.54) is 4.90 Å². The normalized spacial score (nSPS) is 18.8. The molecule has 1 saturated carbocycles. The number of nitrogens with zero attached hydrogens (tertiary/aromatic N) is 2. The van der Waals surface area contributed by atoms with Crippen LogP contribution in [0.15, 0.2) is 23.7 Å². The molecule has 1 aliphatic carbocycles. The number of benzene rings is 1. The van der Waals surface area contributed by atoms with Gasteiger partial charge in [-0.05, 0) is 56.1 Å². The van der Waals surface area contributed by atoms with Crippen LogP contribution in [-0.4, -0.2) is 63.8 Å². The molecule has 218 valence electrons. The van der Waals surface area contributed by atoms with E-state index in [0.717, 1.165) is 33.4 Å². The first-order chi connectivity index (χ1) is 18.9. The first-order valence-corrected chi connectivity index (χ1v) is 15.7. The predicted molar refractivity (Wildman–Crippen MR) is 157 cm³/mol. The van der Waals surface area contributed by atoms with Gasteiger partial charge in [0, 0.05) is 24.0 Å². The topological polar surface area (TPSA) is 101 Å². The summed E-state index contributed by atoms with van der Waals surface area (Å²) in [7, 11) is 0. The molecule has 4 rings (SSSR count). The molecule has 2 unspecified atom stereocenters. The highest BCUT2D eigenvalue weighted by Crippen LogP contribution is 2.40. The van der Waals surface area contributed by atoms with Gasteiger partial charge in [0.05, 0.1) is 22.7 Å².